The van der Waals surface area contributed by atoms with Gasteiger partial charge in [0, 0.05) is 25.6 Å². The van der Waals surface area contributed by atoms with Gasteiger partial charge < -0.3 is 14.6 Å². The van der Waals surface area contributed by atoms with Crippen LogP contribution < -0.4 is 0 Å². The number of hydrogen-bond acceptors (Lipinski definition) is 7. The van der Waals surface area contributed by atoms with Gasteiger partial charge in [-0.3, -0.25) is 0 Å². The minimum Gasteiger partial charge on any atom is -0.476 e. The van der Waals surface area contributed by atoms with E-state index in [2.05, 4.69) is 4.37 Å². The number of methoxy groups -OCH3 is 1. The van der Waals surface area contributed by atoms with E-state index in [9.17, 15) is 13.2 Å². The molecule has 2 atom stereocenters. The number of hydrogen-bond donors (Lipinski definition) is 1. The number of morpholine rings is 1. The first-order chi connectivity index (χ1) is 9.86. The third-order valence-corrected chi connectivity index (χ3v) is 5.63. The lowest BCUT2D eigenvalue weighted by atomic mass is 10.2. The second-order valence-electron chi connectivity index (χ2n) is 4.68. The normalized spacial score (nSPS) is 24.1. The largest absolute Gasteiger partial charge is 0.476 e. The summed E-state index contributed by atoms with van der Waals surface area (Å²) < 4.78 is 40.6. The Bertz CT molecular complexity index is 614. The zero-order chi connectivity index (χ0) is 15.6. The summed E-state index contributed by atoms with van der Waals surface area (Å²) in [7, 11) is -2.41. The number of ether oxygens (including phenoxy) is 2. The van der Waals surface area contributed by atoms with Crippen LogP contribution in [-0.4, -0.2) is 67.2 Å². The fraction of sp³-hybridized carbons (Fsp3) is 0.636. The van der Waals surface area contributed by atoms with Gasteiger partial charge in [0.25, 0.3) is 0 Å². The van der Waals surface area contributed by atoms with E-state index >= 15 is 0 Å². The smallest absolute Gasteiger partial charge is 0.357 e. The first kappa shape index (κ1) is 16.3. The highest BCUT2D eigenvalue weighted by Crippen LogP contribution is 2.25. The average Bonchev–Trinajstić information content (AvgIpc) is 2.88. The van der Waals surface area contributed by atoms with E-state index in [-0.39, 0.29) is 36.8 Å². The molecule has 21 heavy (non-hydrogen) atoms. The van der Waals surface area contributed by atoms with E-state index in [4.69, 9.17) is 14.6 Å². The summed E-state index contributed by atoms with van der Waals surface area (Å²) in [6.07, 6.45) is -0.679. The molecule has 1 aromatic heterocycles. The van der Waals surface area contributed by atoms with Gasteiger partial charge in [0.05, 0.1) is 18.8 Å². The average molecular weight is 336 g/mol. The van der Waals surface area contributed by atoms with Gasteiger partial charge in [0.1, 0.15) is 4.90 Å². The van der Waals surface area contributed by atoms with Crippen molar-refractivity contribution in [3.63, 3.8) is 0 Å². The van der Waals surface area contributed by atoms with Crippen molar-refractivity contribution in [2.75, 3.05) is 26.8 Å². The van der Waals surface area contributed by atoms with E-state index in [0.717, 1.165) is 11.5 Å². The molecule has 118 valence electrons. The first-order valence-corrected chi connectivity index (χ1v) is 8.46. The number of aromatic carboxylic acids is 1. The summed E-state index contributed by atoms with van der Waals surface area (Å²) in [4.78, 5) is 10.8. The third-order valence-electron chi connectivity index (χ3n) is 3.00. The van der Waals surface area contributed by atoms with E-state index in [1.54, 1.807) is 6.92 Å². The summed E-state index contributed by atoms with van der Waals surface area (Å²) in [5.74, 6) is -1.36. The van der Waals surface area contributed by atoms with Crippen LogP contribution in [-0.2, 0) is 19.5 Å². The van der Waals surface area contributed by atoms with E-state index in [0.29, 0.717) is 0 Å². The standard InChI is InChI=1S/C11H16N2O6S2/c1-7-3-13(4-8(19-7)5-18-2)21(16,17)9-6-20-12-10(9)11(14)15/h6-8H,3-5H2,1-2H3,(H,14,15). The predicted octanol–water partition coefficient (Wildman–Crippen LogP) is 0.266. The summed E-state index contributed by atoms with van der Waals surface area (Å²) in [6.45, 7) is 2.31. The maximum atomic E-state index is 12.6. The maximum absolute atomic E-state index is 12.6. The van der Waals surface area contributed by atoms with Gasteiger partial charge in [-0.25, -0.2) is 13.2 Å². The maximum Gasteiger partial charge on any atom is 0.357 e. The van der Waals surface area contributed by atoms with Gasteiger partial charge in [-0.05, 0) is 18.5 Å². The van der Waals surface area contributed by atoms with Crippen molar-refractivity contribution in [1.82, 2.24) is 8.68 Å². The van der Waals surface area contributed by atoms with Crippen molar-refractivity contribution in [2.24, 2.45) is 0 Å². The Hall–Kier alpha value is -1.07. The number of aromatic nitrogens is 1. The second kappa shape index (κ2) is 6.36. The molecule has 2 unspecified atom stereocenters. The molecule has 0 bridgehead atoms. The molecule has 0 radical (unpaired) electrons. The molecule has 0 saturated carbocycles. The minimum absolute atomic E-state index is 0.120. The van der Waals surface area contributed by atoms with Gasteiger partial charge in [-0.1, -0.05) is 0 Å². The summed E-state index contributed by atoms with van der Waals surface area (Å²) in [6, 6.07) is 0. The summed E-state index contributed by atoms with van der Waals surface area (Å²) >= 11 is 0.805. The molecule has 0 amide bonds. The summed E-state index contributed by atoms with van der Waals surface area (Å²) in [5, 5.41) is 10.3. The van der Waals surface area contributed by atoms with Crippen LogP contribution in [0.2, 0.25) is 0 Å². The van der Waals surface area contributed by atoms with Crippen LogP contribution in [0.1, 0.15) is 17.4 Å². The lowest BCUT2D eigenvalue weighted by Gasteiger charge is -2.35. The molecule has 2 rings (SSSR count). The van der Waals surface area contributed by atoms with Crippen molar-refractivity contribution in [1.29, 1.82) is 0 Å². The Balaban J connectivity index is 2.30. The molecule has 1 aromatic rings. The Morgan fingerprint density at radius 2 is 2.33 bits per heavy atom. The molecule has 1 aliphatic heterocycles. The number of carbonyl (C=O) groups is 1. The second-order valence-corrected chi connectivity index (χ2v) is 7.21. The van der Waals surface area contributed by atoms with Crippen LogP contribution in [0.3, 0.4) is 0 Å². The quantitative estimate of drug-likeness (QED) is 0.822. The molecule has 8 nitrogen and oxygen atoms in total. The van der Waals surface area contributed by atoms with Crippen molar-refractivity contribution in [3.05, 3.63) is 11.1 Å². The highest BCUT2D eigenvalue weighted by molar-refractivity contribution is 7.89. The molecule has 0 spiro atoms. The SMILES string of the molecule is COCC1CN(S(=O)(=O)c2csnc2C(=O)O)CC(C)O1. The Morgan fingerprint density at radius 1 is 1.62 bits per heavy atom. The molecule has 10 heteroatoms. The van der Waals surface area contributed by atoms with Crippen molar-refractivity contribution >= 4 is 27.5 Å². The topological polar surface area (TPSA) is 106 Å². The van der Waals surface area contributed by atoms with Crippen LogP contribution in [0.15, 0.2) is 10.3 Å². The molecule has 1 N–H and O–H groups in total. The first-order valence-electron chi connectivity index (χ1n) is 6.18. The van der Waals surface area contributed by atoms with Crippen LogP contribution in [0.4, 0.5) is 0 Å². The van der Waals surface area contributed by atoms with Crippen LogP contribution in [0.25, 0.3) is 0 Å². The fourth-order valence-corrected chi connectivity index (χ4v) is 4.81. The van der Waals surface area contributed by atoms with Crippen LogP contribution >= 0.6 is 11.5 Å². The molecular weight excluding hydrogens is 320 g/mol. The third kappa shape index (κ3) is 3.40. The van der Waals surface area contributed by atoms with Gasteiger partial charge in [0.2, 0.25) is 10.0 Å². The van der Waals surface area contributed by atoms with Crippen molar-refractivity contribution in [3.8, 4) is 0 Å². The molecule has 1 fully saturated rings. The zero-order valence-electron chi connectivity index (χ0n) is 11.6. The number of carboxylic acid groups (broad SMARTS) is 1. The summed E-state index contributed by atoms with van der Waals surface area (Å²) in [5.41, 5.74) is -0.442. The molecule has 2 heterocycles. The number of nitrogens with zero attached hydrogens (tertiary/aromatic N) is 2. The van der Waals surface area contributed by atoms with Crippen molar-refractivity contribution < 1.29 is 27.8 Å². The molecule has 1 aliphatic rings. The Morgan fingerprint density at radius 3 is 2.95 bits per heavy atom. The van der Waals surface area contributed by atoms with Crippen LogP contribution in [0, 0.1) is 0 Å². The van der Waals surface area contributed by atoms with E-state index in [1.807, 2.05) is 0 Å². The fourth-order valence-electron chi connectivity index (χ4n) is 2.17. The van der Waals surface area contributed by atoms with Gasteiger partial charge in [0.15, 0.2) is 5.69 Å². The number of carboxylic acids is 1. The van der Waals surface area contributed by atoms with Gasteiger partial charge in [-0.15, -0.1) is 0 Å². The molecule has 1 saturated heterocycles. The Kier molecular flexibility index (Phi) is 4.94. The van der Waals surface area contributed by atoms with Crippen LogP contribution in [0.5, 0.6) is 0 Å². The zero-order valence-corrected chi connectivity index (χ0v) is 13.2. The van der Waals surface area contributed by atoms with E-state index in [1.165, 1.54) is 16.8 Å². The van der Waals surface area contributed by atoms with Gasteiger partial charge >= 0.3 is 5.97 Å². The highest BCUT2D eigenvalue weighted by atomic mass is 32.2. The monoisotopic (exact) mass is 336 g/mol. The lowest BCUT2D eigenvalue weighted by molar-refractivity contribution is -0.0819. The van der Waals surface area contributed by atoms with Crippen molar-refractivity contribution in [2.45, 2.75) is 24.0 Å². The lowest BCUT2D eigenvalue weighted by Crippen LogP contribution is -2.50. The minimum atomic E-state index is -3.91. The highest BCUT2D eigenvalue weighted by Gasteiger charge is 2.36. The molecule has 0 aliphatic carbocycles. The molecular formula is C11H16N2O6S2. The number of rotatable bonds is 5. The predicted molar refractivity (Wildman–Crippen MR) is 74.0 cm³/mol. The molecule has 0 aromatic carbocycles. The Labute approximate surface area is 126 Å². The van der Waals surface area contributed by atoms with Gasteiger partial charge in [-0.2, -0.15) is 8.68 Å². The number of sulfonamides is 1. The van der Waals surface area contributed by atoms with E-state index < -0.39 is 21.7 Å².